The SMILES string of the molecule is CCCNCc1cn[nH]c1-c1ccccc1C(F)(F)F. The van der Waals surface area contributed by atoms with Crippen LogP contribution in [0.3, 0.4) is 0 Å². The summed E-state index contributed by atoms with van der Waals surface area (Å²) in [6, 6.07) is 5.52. The Bertz CT molecular complexity index is 561. The Morgan fingerprint density at radius 1 is 1.25 bits per heavy atom. The third-order valence-corrected chi connectivity index (χ3v) is 2.96. The Morgan fingerprint density at radius 3 is 2.70 bits per heavy atom. The Balaban J connectivity index is 2.35. The monoisotopic (exact) mass is 283 g/mol. The van der Waals surface area contributed by atoms with Gasteiger partial charge in [0.15, 0.2) is 0 Å². The van der Waals surface area contributed by atoms with Crippen molar-refractivity contribution < 1.29 is 13.2 Å². The van der Waals surface area contributed by atoms with Crippen LogP contribution < -0.4 is 5.32 Å². The van der Waals surface area contributed by atoms with E-state index in [1.807, 2.05) is 6.92 Å². The zero-order valence-electron chi connectivity index (χ0n) is 11.1. The number of alkyl halides is 3. The van der Waals surface area contributed by atoms with Crippen molar-refractivity contribution in [3.8, 4) is 11.3 Å². The highest BCUT2D eigenvalue weighted by Gasteiger charge is 2.34. The molecular weight excluding hydrogens is 267 g/mol. The lowest BCUT2D eigenvalue weighted by Crippen LogP contribution is -2.14. The van der Waals surface area contributed by atoms with E-state index < -0.39 is 11.7 Å². The summed E-state index contributed by atoms with van der Waals surface area (Å²) in [4.78, 5) is 0. The second-order valence-electron chi connectivity index (χ2n) is 4.49. The fraction of sp³-hybridized carbons (Fsp3) is 0.357. The van der Waals surface area contributed by atoms with Crippen LogP contribution in [-0.4, -0.2) is 16.7 Å². The molecule has 20 heavy (non-hydrogen) atoms. The molecule has 0 bridgehead atoms. The van der Waals surface area contributed by atoms with Gasteiger partial charge in [-0.05, 0) is 19.0 Å². The molecule has 108 valence electrons. The molecule has 0 aliphatic carbocycles. The number of benzene rings is 1. The van der Waals surface area contributed by atoms with Gasteiger partial charge in [0.2, 0.25) is 0 Å². The van der Waals surface area contributed by atoms with Crippen molar-refractivity contribution in [2.45, 2.75) is 26.1 Å². The molecule has 0 spiro atoms. The maximum atomic E-state index is 13.0. The van der Waals surface area contributed by atoms with Crippen LogP contribution in [0.15, 0.2) is 30.5 Å². The molecule has 0 saturated carbocycles. The Morgan fingerprint density at radius 2 is 2.00 bits per heavy atom. The van der Waals surface area contributed by atoms with Crippen LogP contribution in [0.1, 0.15) is 24.5 Å². The highest BCUT2D eigenvalue weighted by Crippen LogP contribution is 2.37. The van der Waals surface area contributed by atoms with E-state index in [0.717, 1.165) is 24.6 Å². The first-order chi connectivity index (χ1) is 9.54. The summed E-state index contributed by atoms with van der Waals surface area (Å²) < 4.78 is 39.1. The van der Waals surface area contributed by atoms with Crippen LogP contribution in [-0.2, 0) is 12.7 Å². The van der Waals surface area contributed by atoms with Gasteiger partial charge in [-0.3, -0.25) is 5.10 Å². The summed E-state index contributed by atoms with van der Waals surface area (Å²) >= 11 is 0. The van der Waals surface area contributed by atoms with Gasteiger partial charge in [0, 0.05) is 17.7 Å². The Hall–Kier alpha value is -1.82. The van der Waals surface area contributed by atoms with Crippen LogP contribution >= 0.6 is 0 Å². The summed E-state index contributed by atoms with van der Waals surface area (Å²) in [6.45, 7) is 3.33. The highest BCUT2D eigenvalue weighted by molar-refractivity contribution is 5.67. The molecule has 2 N–H and O–H groups in total. The molecule has 0 saturated heterocycles. The minimum absolute atomic E-state index is 0.130. The maximum Gasteiger partial charge on any atom is 0.417 e. The van der Waals surface area contributed by atoms with E-state index in [2.05, 4.69) is 15.5 Å². The first kappa shape index (κ1) is 14.6. The summed E-state index contributed by atoms with van der Waals surface area (Å²) in [7, 11) is 0. The summed E-state index contributed by atoms with van der Waals surface area (Å²) in [5, 5.41) is 9.70. The van der Waals surface area contributed by atoms with Gasteiger partial charge in [-0.1, -0.05) is 25.1 Å². The van der Waals surface area contributed by atoms with Crippen molar-refractivity contribution in [3.63, 3.8) is 0 Å². The van der Waals surface area contributed by atoms with E-state index in [0.29, 0.717) is 12.2 Å². The number of hydrogen-bond donors (Lipinski definition) is 2. The number of nitrogens with one attached hydrogen (secondary N) is 2. The van der Waals surface area contributed by atoms with Crippen molar-refractivity contribution in [2.24, 2.45) is 0 Å². The molecule has 0 fully saturated rings. The normalized spacial score (nSPS) is 11.8. The first-order valence-electron chi connectivity index (χ1n) is 6.43. The molecule has 6 heteroatoms. The molecule has 3 nitrogen and oxygen atoms in total. The van der Waals surface area contributed by atoms with Gasteiger partial charge in [-0.25, -0.2) is 0 Å². The molecule has 1 aromatic carbocycles. The number of rotatable bonds is 5. The predicted molar refractivity (Wildman–Crippen MR) is 71.0 cm³/mol. The summed E-state index contributed by atoms with van der Waals surface area (Å²) in [6.07, 6.45) is -1.85. The third kappa shape index (κ3) is 3.19. The van der Waals surface area contributed by atoms with Crippen molar-refractivity contribution >= 4 is 0 Å². The van der Waals surface area contributed by atoms with E-state index in [1.54, 1.807) is 12.3 Å². The Kier molecular flexibility index (Phi) is 4.44. The summed E-state index contributed by atoms with van der Waals surface area (Å²) in [5.41, 5.74) is 0.628. The average Bonchev–Trinajstić information content (AvgIpc) is 2.86. The topological polar surface area (TPSA) is 40.7 Å². The van der Waals surface area contributed by atoms with Gasteiger partial charge in [-0.2, -0.15) is 18.3 Å². The van der Waals surface area contributed by atoms with E-state index in [-0.39, 0.29) is 5.56 Å². The van der Waals surface area contributed by atoms with Crippen LogP contribution in [0.2, 0.25) is 0 Å². The minimum atomic E-state index is -4.38. The largest absolute Gasteiger partial charge is 0.417 e. The van der Waals surface area contributed by atoms with Gasteiger partial charge < -0.3 is 5.32 Å². The Labute approximate surface area is 115 Å². The third-order valence-electron chi connectivity index (χ3n) is 2.96. The lowest BCUT2D eigenvalue weighted by atomic mass is 10.0. The molecule has 0 aliphatic rings. The molecule has 0 amide bonds. The van der Waals surface area contributed by atoms with Crippen molar-refractivity contribution in [3.05, 3.63) is 41.6 Å². The molecule has 0 unspecified atom stereocenters. The maximum absolute atomic E-state index is 13.0. The number of nitrogens with zero attached hydrogens (tertiary/aromatic N) is 1. The van der Waals surface area contributed by atoms with Crippen LogP contribution in [0.4, 0.5) is 13.2 Å². The van der Waals surface area contributed by atoms with E-state index in [4.69, 9.17) is 0 Å². The van der Waals surface area contributed by atoms with Crippen LogP contribution in [0.5, 0.6) is 0 Å². The zero-order valence-corrected chi connectivity index (χ0v) is 11.1. The molecule has 0 atom stereocenters. The van der Waals surface area contributed by atoms with E-state index >= 15 is 0 Å². The van der Waals surface area contributed by atoms with Crippen LogP contribution in [0, 0.1) is 0 Å². The van der Waals surface area contributed by atoms with Crippen molar-refractivity contribution in [2.75, 3.05) is 6.54 Å². The second-order valence-corrected chi connectivity index (χ2v) is 4.49. The zero-order chi connectivity index (χ0) is 14.6. The van der Waals surface area contributed by atoms with Gasteiger partial charge in [0.05, 0.1) is 17.5 Å². The molecule has 0 radical (unpaired) electrons. The van der Waals surface area contributed by atoms with E-state index in [9.17, 15) is 13.2 Å². The van der Waals surface area contributed by atoms with Crippen LogP contribution in [0.25, 0.3) is 11.3 Å². The van der Waals surface area contributed by atoms with E-state index in [1.165, 1.54) is 12.1 Å². The lowest BCUT2D eigenvalue weighted by molar-refractivity contribution is -0.137. The molecular formula is C14H16F3N3. The molecule has 2 aromatic rings. The van der Waals surface area contributed by atoms with Crippen molar-refractivity contribution in [1.29, 1.82) is 0 Å². The number of halogens is 3. The molecule has 1 aromatic heterocycles. The van der Waals surface area contributed by atoms with Crippen molar-refractivity contribution in [1.82, 2.24) is 15.5 Å². The summed E-state index contributed by atoms with van der Waals surface area (Å²) in [5.74, 6) is 0. The molecule has 0 aliphatic heterocycles. The minimum Gasteiger partial charge on any atom is -0.313 e. The number of aromatic amines is 1. The van der Waals surface area contributed by atoms with Gasteiger partial charge in [0.25, 0.3) is 0 Å². The quantitative estimate of drug-likeness (QED) is 0.823. The lowest BCUT2D eigenvalue weighted by Gasteiger charge is -2.12. The smallest absolute Gasteiger partial charge is 0.313 e. The fourth-order valence-electron chi connectivity index (χ4n) is 2.03. The first-order valence-corrected chi connectivity index (χ1v) is 6.43. The van der Waals surface area contributed by atoms with Gasteiger partial charge in [-0.15, -0.1) is 0 Å². The van der Waals surface area contributed by atoms with Gasteiger partial charge >= 0.3 is 6.18 Å². The predicted octanol–water partition coefficient (Wildman–Crippen LogP) is 3.60. The number of hydrogen-bond acceptors (Lipinski definition) is 2. The van der Waals surface area contributed by atoms with Gasteiger partial charge in [0.1, 0.15) is 0 Å². The average molecular weight is 283 g/mol. The standard InChI is InChI=1S/C14H16F3N3/c1-2-7-18-8-10-9-19-20-13(10)11-5-3-4-6-12(11)14(15,16)17/h3-6,9,18H,2,7-8H2,1H3,(H,19,20). The number of aromatic nitrogens is 2. The second kappa shape index (κ2) is 6.09. The number of H-pyrrole nitrogens is 1. The highest BCUT2D eigenvalue weighted by atomic mass is 19.4. The molecule has 1 heterocycles. The fourth-order valence-corrected chi connectivity index (χ4v) is 2.03. The molecule has 2 rings (SSSR count).